The van der Waals surface area contributed by atoms with E-state index in [1.54, 1.807) is 40.0 Å². The minimum atomic E-state index is -0.851. The molecule has 0 atom stereocenters. The number of aryl methyl sites for hydroxylation is 4. The van der Waals surface area contributed by atoms with Crippen LogP contribution in [0.1, 0.15) is 43.9 Å². The summed E-state index contributed by atoms with van der Waals surface area (Å²) in [6.45, 7) is 13.0. The molecule has 2 aromatic carbocycles. The van der Waals surface area contributed by atoms with Gasteiger partial charge < -0.3 is 34.5 Å². The van der Waals surface area contributed by atoms with E-state index >= 15 is 0 Å². The van der Waals surface area contributed by atoms with E-state index in [-0.39, 0.29) is 52.7 Å². The van der Waals surface area contributed by atoms with E-state index in [0.717, 1.165) is 5.69 Å². The van der Waals surface area contributed by atoms with Crippen molar-refractivity contribution in [1.82, 2.24) is 9.13 Å². The third-order valence-corrected chi connectivity index (χ3v) is 6.38. The van der Waals surface area contributed by atoms with Crippen LogP contribution >= 0.6 is 0 Å². The maximum Gasteiger partial charge on any atom is 0.307 e. The fourth-order valence-electron chi connectivity index (χ4n) is 4.25. The van der Waals surface area contributed by atoms with Crippen LogP contribution in [0.25, 0.3) is 11.4 Å². The van der Waals surface area contributed by atoms with Gasteiger partial charge in [-0.1, -0.05) is 38.5 Å². The second-order valence-corrected chi connectivity index (χ2v) is 10.9. The molecule has 42 heavy (non-hydrogen) atoms. The van der Waals surface area contributed by atoms with Crippen molar-refractivity contribution in [3.63, 3.8) is 0 Å². The lowest BCUT2D eigenvalue weighted by atomic mass is 9.91. The number of carboxylic acid groups (broad SMARTS) is 1. The summed E-state index contributed by atoms with van der Waals surface area (Å²) in [6, 6.07) is 10.5. The molecule has 0 unspecified atom stereocenters. The Morgan fingerprint density at radius 1 is 0.929 bits per heavy atom. The van der Waals surface area contributed by atoms with Crippen molar-refractivity contribution < 1.29 is 58.1 Å². The first kappa shape index (κ1) is 36.2. The van der Waals surface area contributed by atoms with Gasteiger partial charge in [-0.3, -0.25) is 19.7 Å². The monoisotopic (exact) mass is 661 g/mol. The topological polar surface area (TPSA) is 115 Å². The van der Waals surface area contributed by atoms with Crippen LogP contribution < -0.4 is 38.5 Å². The number of hydrogen-bond acceptors (Lipinski definition) is 4. The Morgan fingerprint density at radius 3 is 1.98 bits per heavy atom. The van der Waals surface area contributed by atoms with E-state index in [0.29, 0.717) is 13.1 Å². The number of carbonyl (C=O) groups excluding carboxylic acids is 1. The van der Waals surface area contributed by atoms with Crippen LogP contribution in [0.2, 0.25) is 0 Å². The van der Waals surface area contributed by atoms with Crippen molar-refractivity contribution in [3.05, 3.63) is 101 Å². The summed E-state index contributed by atoms with van der Waals surface area (Å²) in [5.41, 5.74) is 5.48. The number of halogens is 2. The number of nitrogens with zero attached hydrogens (tertiary/aromatic N) is 5. The number of non-ortho nitro benzene ring substituents is 1. The van der Waals surface area contributed by atoms with Crippen LogP contribution in [0.15, 0.2) is 73.8 Å². The zero-order valence-electron chi connectivity index (χ0n) is 24.6. The quantitative estimate of drug-likeness (QED) is 0.140. The second-order valence-electron chi connectivity index (χ2n) is 10.9. The third-order valence-electron chi connectivity index (χ3n) is 6.38. The molecule has 0 aliphatic rings. The average Bonchev–Trinajstić information content (AvgIpc) is 3.52. The number of Topliss-reactive ketones (excluding diaryl/α,β-unsaturated/α-hetero) is 1. The molecule has 0 bridgehead atoms. The number of nitro groups is 1. The molecule has 0 radical (unpaired) electrons. The maximum absolute atomic E-state index is 12.1. The number of aromatic nitrogens is 4. The second kappa shape index (κ2) is 15.4. The number of aliphatic carboxylic acids is 1. The molecule has 1 N–H and O–H groups in total. The molecule has 226 valence electrons. The summed E-state index contributed by atoms with van der Waals surface area (Å²) in [4.78, 5) is 32.7. The SMILES string of the molecule is Cc1cc(C)c(-n2cc[n+](CC(=O)C(C)(C)C)c2)c(C)c1.O=C(O)CC[n+]1ccn(-c2ccc([N+](=O)[O-])cc2)c1.[Br-].[Cl-]. The molecule has 0 amide bonds. The summed E-state index contributed by atoms with van der Waals surface area (Å²) in [7, 11) is 0. The summed E-state index contributed by atoms with van der Waals surface area (Å²) in [5.74, 6) is -0.613. The van der Waals surface area contributed by atoms with Crippen molar-refractivity contribution in [2.45, 2.75) is 61.1 Å². The highest BCUT2D eigenvalue weighted by molar-refractivity contribution is 5.82. The lowest BCUT2D eigenvalue weighted by Crippen LogP contribution is -3.00. The zero-order chi connectivity index (χ0) is 29.6. The Bertz CT molecular complexity index is 1500. The number of benzene rings is 2. The van der Waals surface area contributed by atoms with Gasteiger partial charge in [-0.15, -0.1) is 0 Å². The molecule has 2 heterocycles. The van der Waals surface area contributed by atoms with Gasteiger partial charge in [0.05, 0.1) is 11.3 Å². The largest absolute Gasteiger partial charge is 1.00 e. The zero-order valence-corrected chi connectivity index (χ0v) is 27.0. The molecule has 10 nitrogen and oxygen atoms in total. The van der Waals surface area contributed by atoms with Gasteiger partial charge in [-0.2, -0.15) is 0 Å². The summed E-state index contributed by atoms with van der Waals surface area (Å²) in [6.07, 6.45) is 11.3. The Morgan fingerprint density at radius 2 is 1.45 bits per heavy atom. The lowest BCUT2D eigenvalue weighted by Gasteiger charge is -2.14. The molecule has 0 aliphatic carbocycles. The third kappa shape index (κ3) is 9.92. The Labute approximate surface area is 262 Å². The minimum absolute atomic E-state index is 0. The standard InChI is InChI=1S/C18H25N2O.C12H11N3O4.BrH.ClH/c1-13-9-14(2)17(15(3)10-13)20-8-7-19(12-20)11-16(21)18(4,5)6;16-12(17)5-6-13-7-8-14(9-13)10-1-3-11(4-2-10)15(18)19;;/h7-10,12H,11H2,1-6H3;1-4,7-9H,5-6H2;2*1H/q+1;;;/p-1. The van der Waals surface area contributed by atoms with Gasteiger partial charge in [-0.25, -0.2) is 18.3 Å². The van der Waals surface area contributed by atoms with Crippen molar-refractivity contribution in [2.75, 3.05) is 0 Å². The average molecular weight is 663 g/mol. The van der Waals surface area contributed by atoms with E-state index in [4.69, 9.17) is 5.11 Å². The van der Waals surface area contributed by atoms with E-state index in [1.165, 1.54) is 34.5 Å². The van der Waals surface area contributed by atoms with Crippen LogP contribution in [0.3, 0.4) is 0 Å². The molecule has 0 saturated heterocycles. The number of hydrogen-bond donors (Lipinski definition) is 1. The van der Waals surface area contributed by atoms with Crippen molar-refractivity contribution >= 4 is 17.4 Å². The normalized spacial score (nSPS) is 10.5. The van der Waals surface area contributed by atoms with Crippen molar-refractivity contribution in [2.24, 2.45) is 5.41 Å². The summed E-state index contributed by atoms with van der Waals surface area (Å²) < 4.78 is 7.56. The smallest absolute Gasteiger partial charge is 0.307 e. The van der Waals surface area contributed by atoms with Gasteiger partial charge in [0, 0.05) is 17.5 Å². The molecule has 12 heteroatoms. The molecule has 0 fully saturated rings. The molecule has 4 aromatic rings. The van der Waals surface area contributed by atoms with Gasteiger partial charge in [0.15, 0.2) is 5.78 Å². The van der Waals surface area contributed by atoms with Crippen LogP contribution in [0.4, 0.5) is 5.69 Å². The predicted octanol–water partition coefficient (Wildman–Crippen LogP) is -1.54. The number of carboxylic acids is 1. The molecular weight excluding hydrogens is 626 g/mol. The van der Waals surface area contributed by atoms with Crippen molar-refractivity contribution in [3.8, 4) is 11.4 Å². The first-order valence-electron chi connectivity index (χ1n) is 13.0. The van der Waals surface area contributed by atoms with Crippen LogP contribution in [-0.4, -0.2) is 30.9 Å². The lowest BCUT2D eigenvalue weighted by molar-refractivity contribution is -0.695. The Kier molecular flexibility index (Phi) is 13.3. The van der Waals surface area contributed by atoms with Gasteiger partial charge >= 0.3 is 5.97 Å². The number of ketones is 1. The van der Waals surface area contributed by atoms with E-state index in [9.17, 15) is 19.7 Å². The first-order valence-corrected chi connectivity index (χ1v) is 13.0. The Hall–Kier alpha value is -3.83. The molecule has 0 aliphatic heterocycles. The van der Waals surface area contributed by atoms with E-state index < -0.39 is 10.9 Å². The number of carbonyl (C=O) groups is 2. The Balaban J connectivity index is 0.000000403. The van der Waals surface area contributed by atoms with Crippen molar-refractivity contribution in [1.29, 1.82) is 0 Å². The van der Waals surface area contributed by atoms with Gasteiger partial charge in [0.25, 0.3) is 5.69 Å². The number of nitro benzene ring substituents is 1. The van der Waals surface area contributed by atoms with Gasteiger partial charge in [0.1, 0.15) is 49.3 Å². The fraction of sp³-hybridized carbons (Fsp3) is 0.333. The summed E-state index contributed by atoms with van der Waals surface area (Å²) >= 11 is 0. The molecule has 2 aromatic heterocycles. The van der Waals surface area contributed by atoms with Crippen LogP contribution in [0.5, 0.6) is 0 Å². The highest BCUT2D eigenvalue weighted by Crippen LogP contribution is 2.20. The van der Waals surface area contributed by atoms with E-state index in [1.807, 2.05) is 44.1 Å². The fourth-order valence-corrected chi connectivity index (χ4v) is 4.25. The van der Waals surface area contributed by atoms with Crippen LogP contribution in [0, 0.1) is 36.3 Å². The maximum atomic E-state index is 12.1. The molecular formula is C30H37BrClN5O5. The van der Waals surface area contributed by atoms with Crippen LogP contribution in [-0.2, 0) is 22.7 Å². The number of imidazole rings is 2. The first-order chi connectivity index (χ1) is 18.7. The molecule has 4 rings (SSSR count). The highest BCUT2D eigenvalue weighted by Gasteiger charge is 2.24. The summed E-state index contributed by atoms with van der Waals surface area (Å²) in [5, 5.41) is 19.1. The molecule has 0 saturated carbocycles. The highest BCUT2D eigenvalue weighted by atomic mass is 79.9. The predicted molar refractivity (Wildman–Crippen MR) is 150 cm³/mol. The minimum Gasteiger partial charge on any atom is -1.00 e. The van der Waals surface area contributed by atoms with E-state index in [2.05, 4.69) is 37.5 Å². The van der Waals surface area contributed by atoms with Gasteiger partial charge in [-0.05, 0) is 44.0 Å². The van der Waals surface area contributed by atoms with Gasteiger partial charge in [0.2, 0.25) is 12.7 Å². The molecule has 0 spiro atoms. The number of rotatable bonds is 8.